The Bertz CT molecular complexity index is 1940. The van der Waals surface area contributed by atoms with Gasteiger partial charge < -0.3 is 19.5 Å². The summed E-state index contributed by atoms with van der Waals surface area (Å²) in [4.78, 5) is 24.2. The number of methoxy groups -OCH3 is 1. The van der Waals surface area contributed by atoms with Gasteiger partial charge in [-0.15, -0.1) is 0 Å². The predicted octanol–water partition coefficient (Wildman–Crippen LogP) is 7.59. The molecule has 282 valence electrons. The van der Waals surface area contributed by atoms with Crippen molar-refractivity contribution in [3.8, 4) is 22.8 Å². The zero-order valence-electron chi connectivity index (χ0n) is 29.2. The molecule has 7 rings (SSSR count). The van der Waals surface area contributed by atoms with Gasteiger partial charge in [0, 0.05) is 48.3 Å². The zero-order valence-corrected chi connectivity index (χ0v) is 29.2. The number of carbonyl (C=O) groups excluding carboxylic acids is 1. The lowest BCUT2D eigenvalue weighted by Crippen LogP contribution is -2.48. The van der Waals surface area contributed by atoms with Crippen LogP contribution in [-0.4, -0.2) is 86.0 Å². The number of carbonyl (C=O) groups is 1. The first-order chi connectivity index (χ1) is 25.3. The summed E-state index contributed by atoms with van der Waals surface area (Å²) in [5.74, 6) is -0.797. The Morgan fingerprint density at radius 3 is 2.28 bits per heavy atom. The molecular formula is C39H40F6N4O4. The molecule has 0 atom stereocenters. The molecule has 1 N–H and O–H groups in total. The van der Waals surface area contributed by atoms with Crippen LogP contribution >= 0.6 is 0 Å². The number of halogens is 6. The number of rotatable bonds is 10. The molecule has 2 saturated heterocycles. The van der Waals surface area contributed by atoms with Gasteiger partial charge in [-0.1, -0.05) is 42.5 Å². The van der Waals surface area contributed by atoms with Gasteiger partial charge in [0.25, 0.3) is 5.91 Å². The molecule has 1 aliphatic carbocycles. The van der Waals surface area contributed by atoms with Crippen LogP contribution in [0.2, 0.25) is 0 Å². The first-order valence-electron chi connectivity index (χ1n) is 17.7. The van der Waals surface area contributed by atoms with Crippen molar-refractivity contribution in [1.82, 2.24) is 20.1 Å². The number of benzene rings is 3. The number of nitrogens with one attached hydrogen (secondary N) is 1. The van der Waals surface area contributed by atoms with Crippen molar-refractivity contribution in [2.45, 2.75) is 56.2 Å². The van der Waals surface area contributed by atoms with E-state index in [4.69, 9.17) is 19.2 Å². The normalized spacial score (nSPS) is 18.5. The van der Waals surface area contributed by atoms with E-state index in [0.29, 0.717) is 50.8 Å². The summed E-state index contributed by atoms with van der Waals surface area (Å²) in [6, 6.07) is 17.3. The topological polar surface area (TPSA) is 76.2 Å². The van der Waals surface area contributed by atoms with E-state index in [0.717, 1.165) is 43.6 Å². The standard InChI is InChI=1S/C39H40F6N4O4/c1-51-32-21-29-31(22-33(32)53-24-38(40,41)42)46-35(25-6-5-9-27(20-25)39(43,44)45)30(23-48-14-10-28(11-15-48)49-16-18-52-19-17-49)34(29)36(50)47-37(12-13-37)26-7-3-2-4-8-26/h2-9,20-22,28H,10-19,23-24H2,1H3,(H,47,50). The van der Waals surface area contributed by atoms with Crippen LogP contribution in [0.3, 0.4) is 0 Å². The van der Waals surface area contributed by atoms with Crippen LogP contribution in [0.25, 0.3) is 22.2 Å². The van der Waals surface area contributed by atoms with Gasteiger partial charge in [0.1, 0.15) is 0 Å². The molecule has 3 aromatic carbocycles. The van der Waals surface area contributed by atoms with Crippen LogP contribution in [0.15, 0.2) is 66.7 Å². The minimum Gasteiger partial charge on any atom is -0.493 e. The molecule has 0 radical (unpaired) electrons. The molecule has 8 nitrogen and oxygen atoms in total. The van der Waals surface area contributed by atoms with Crippen LogP contribution in [0.1, 0.15) is 52.7 Å². The Kier molecular flexibility index (Phi) is 10.3. The monoisotopic (exact) mass is 742 g/mol. The SMILES string of the molecule is COc1cc2c(C(=O)NC3(c4ccccc4)CC3)c(CN3CCC(N4CCOCC4)CC3)c(-c3cccc(C(F)(F)F)c3)nc2cc1OCC(F)(F)F. The van der Waals surface area contributed by atoms with Gasteiger partial charge in [-0.3, -0.25) is 14.6 Å². The third-order valence-electron chi connectivity index (χ3n) is 10.4. The number of nitrogens with zero attached hydrogens (tertiary/aromatic N) is 3. The number of aromatic nitrogens is 1. The van der Waals surface area contributed by atoms with Gasteiger partial charge >= 0.3 is 12.4 Å². The lowest BCUT2D eigenvalue weighted by molar-refractivity contribution is -0.153. The summed E-state index contributed by atoms with van der Waals surface area (Å²) in [5, 5.41) is 3.50. The average Bonchev–Trinajstić information content (AvgIpc) is 3.94. The van der Waals surface area contributed by atoms with Crippen molar-refractivity contribution in [2.24, 2.45) is 0 Å². The van der Waals surface area contributed by atoms with Crippen LogP contribution < -0.4 is 14.8 Å². The second-order valence-corrected chi connectivity index (χ2v) is 13.9. The van der Waals surface area contributed by atoms with E-state index in [2.05, 4.69) is 15.1 Å². The van der Waals surface area contributed by atoms with Crippen molar-refractivity contribution in [3.05, 3.63) is 89.0 Å². The van der Waals surface area contributed by atoms with Crippen LogP contribution in [0, 0.1) is 0 Å². The largest absolute Gasteiger partial charge is 0.493 e. The van der Waals surface area contributed by atoms with Gasteiger partial charge in [-0.25, -0.2) is 4.98 Å². The van der Waals surface area contributed by atoms with E-state index in [-0.39, 0.29) is 45.8 Å². The van der Waals surface area contributed by atoms with Gasteiger partial charge in [0.05, 0.1) is 48.2 Å². The molecule has 3 fully saturated rings. The minimum absolute atomic E-state index is 0.0501. The molecule has 1 saturated carbocycles. The lowest BCUT2D eigenvalue weighted by Gasteiger charge is -2.40. The van der Waals surface area contributed by atoms with E-state index in [1.165, 1.54) is 31.4 Å². The number of hydrogen-bond donors (Lipinski definition) is 1. The third-order valence-corrected chi connectivity index (χ3v) is 10.4. The van der Waals surface area contributed by atoms with Gasteiger partial charge in [0.15, 0.2) is 18.1 Å². The van der Waals surface area contributed by atoms with E-state index < -0.39 is 36.0 Å². The number of ether oxygens (including phenoxy) is 3. The Morgan fingerprint density at radius 2 is 1.64 bits per heavy atom. The number of alkyl halides is 6. The maximum absolute atomic E-state index is 14.8. The van der Waals surface area contributed by atoms with E-state index >= 15 is 0 Å². The molecule has 0 spiro atoms. The molecule has 53 heavy (non-hydrogen) atoms. The second kappa shape index (κ2) is 14.8. The molecule has 3 heterocycles. The summed E-state index contributed by atoms with van der Waals surface area (Å²) in [7, 11) is 1.28. The molecule has 4 aromatic rings. The number of amides is 1. The number of likely N-dealkylation sites (tertiary alicyclic amines) is 1. The summed E-state index contributed by atoms with van der Waals surface area (Å²) >= 11 is 0. The first kappa shape index (κ1) is 36.9. The highest BCUT2D eigenvalue weighted by Gasteiger charge is 2.46. The van der Waals surface area contributed by atoms with Crippen molar-refractivity contribution >= 4 is 16.8 Å². The lowest BCUT2D eigenvalue weighted by atomic mass is 9.93. The fraction of sp³-hybridized carbons (Fsp3) is 0.436. The third kappa shape index (κ3) is 8.24. The van der Waals surface area contributed by atoms with Crippen LogP contribution in [0.4, 0.5) is 26.3 Å². The Hall–Kier alpha value is -4.40. The second-order valence-electron chi connectivity index (χ2n) is 13.9. The zero-order chi connectivity index (χ0) is 37.4. The minimum atomic E-state index is -4.66. The number of fused-ring (bicyclic) bond motifs is 1. The highest BCUT2D eigenvalue weighted by molar-refractivity contribution is 6.10. The number of morpholine rings is 1. The van der Waals surface area contributed by atoms with Crippen molar-refractivity contribution in [1.29, 1.82) is 0 Å². The molecular weight excluding hydrogens is 702 g/mol. The molecule has 14 heteroatoms. The molecule has 0 bridgehead atoms. The van der Waals surface area contributed by atoms with Gasteiger partial charge in [-0.05, 0) is 62.5 Å². The van der Waals surface area contributed by atoms with Crippen LogP contribution in [-0.2, 0) is 23.0 Å². The fourth-order valence-electron chi connectivity index (χ4n) is 7.49. The number of pyridine rings is 1. The summed E-state index contributed by atoms with van der Waals surface area (Å²) in [5.41, 5.74) is 0.252. The van der Waals surface area contributed by atoms with E-state index in [9.17, 15) is 31.1 Å². The van der Waals surface area contributed by atoms with E-state index in [1.807, 2.05) is 30.3 Å². The molecule has 1 amide bonds. The molecule has 0 unspecified atom stereocenters. The van der Waals surface area contributed by atoms with Crippen molar-refractivity contribution < 1.29 is 45.3 Å². The summed E-state index contributed by atoms with van der Waals surface area (Å²) in [6.07, 6.45) is -6.26. The maximum atomic E-state index is 14.8. The van der Waals surface area contributed by atoms with Gasteiger partial charge in [-0.2, -0.15) is 26.3 Å². The van der Waals surface area contributed by atoms with Gasteiger partial charge in [0.2, 0.25) is 0 Å². The molecule has 1 aromatic heterocycles. The number of piperidine rings is 1. The maximum Gasteiger partial charge on any atom is 0.422 e. The first-order valence-corrected chi connectivity index (χ1v) is 17.7. The average molecular weight is 743 g/mol. The smallest absolute Gasteiger partial charge is 0.422 e. The highest BCUT2D eigenvalue weighted by atomic mass is 19.4. The van der Waals surface area contributed by atoms with Crippen molar-refractivity contribution in [3.63, 3.8) is 0 Å². The summed E-state index contributed by atoms with van der Waals surface area (Å²) < 4.78 is 98.0. The number of hydrogen-bond acceptors (Lipinski definition) is 7. The highest BCUT2D eigenvalue weighted by Crippen LogP contribution is 2.47. The van der Waals surface area contributed by atoms with Crippen molar-refractivity contribution in [2.75, 3.05) is 53.1 Å². The predicted molar refractivity (Wildman–Crippen MR) is 186 cm³/mol. The molecule has 3 aliphatic rings. The quantitative estimate of drug-likeness (QED) is 0.168. The summed E-state index contributed by atoms with van der Waals surface area (Å²) in [6.45, 7) is 2.99. The Balaban J connectivity index is 1.37. The molecule has 2 aliphatic heterocycles. The fourth-order valence-corrected chi connectivity index (χ4v) is 7.49. The Morgan fingerprint density at radius 1 is 0.925 bits per heavy atom. The van der Waals surface area contributed by atoms with Crippen LogP contribution in [0.5, 0.6) is 11.5 Å². The van der Waals surface area contributed by atoms with E-state index in [1.54, 1.807) is 0 Å². The Labute approximate surface area is 303 Å².